The molecule has 0 bridgehead atoms. The number of imidazole rings is 1. The van der Waals surface area contributed by atoms with Crippen molar-refractivity contribution in [3.05, 3.63) is 17.2 Å². The van der Waals surface area contributed by atoms with Crippen LogP contribution in [0.15, 0.2) is 12.4 Å². The van der Waals surface area contributed by atoms with Gasteiger partial charge in [0.2, 0.25) is 0 Å². The summed E-state index contributed by atoms with van der Waals surface area (Å²) in [6.07, 6.45) is 4.98. The summed E-state index contributed by atoms with van der Waals surface area (Å²) in [5.41, 5.74) is 0. The van der Waals surface area contributed by atoms with Crippen molar-refractivity contribution in [1.29, 1.82) is 0 Å². The van der Waals surface area contributed by atoms with E-state index >= 15 is 0 Å². The van der Waals surface area contributed by atoms with Crippen LogP contribution < -0.4 is 0 Å². The molecule has 2 rings (SSSR count). The van der Waals surface area contributed by atoms with E-state index in [0.29, 0.717) is 12.0 Å². The second-order valence-electron chi connectivity index (χ2n) is 3.58. The van der Waals surface area contributed by atoms with E-state index in [1.54, 1.807) is 0 Å². The highest BCUT2D eigenvalue weighted by molar-refractivity contribution is 7.71. The maximum Gasteiger partial charge on any atom is 0.177 e. The van der Waals surface area contributed by atoms with Crippen molar-refractivity contribution in [2.45, 2.75) is 19.4 Å². The summed E-state index contributed by atoms with van der Waals surface area (Å²) in [6, 6.07) is 0.507. The molecule has 0 radical (unpaired) electrons. The van der Waals surface area contributed by atoms with E-state index in [4.69, 9.17) is 17.0 Å². The number of hydrogen-bond acceptors (Lipinski definition) is 2. The molecular formula is C9H14N2OS. The minimum atomic E-state index is 0.507. The molecule has 0 amide bonds. The first kappa shape index (κ1) is 8.97. The molecule has 13 heavy (non-hydrogen) atoms. The number of nitrogens with zero attached hydrogens (tertiary/aromatic N) is 1. The van der Waals surface area contributed by atoms with Crippen molar-refractivity contribution in [3.8, 4) is 0 Å². The number of aromatic amines is 1. The predicted molar refractivity (Wildman–Crippen MR) is 53.3 cm³/mol. The maximum atomic E-state index is 5.39. The Labute approximate surface area is 82.7 Å². The molecule has 1 aliphatic rings. The van der Waals surface area contributed by atoms with E-state index in [0.717, 1.165) is 24.4 Å². The monoisotopic (exact) mass is 198 g/mol. The Morgan fingerprint density at radius 2 is 2.54 bits per heavy atom. The van der Waals surface area contributed by atoms with Crippen molar-refractivity contribution < 1.29 is 4.74 Å². The second-order valence-corrected chi connectivity index (χ2v) is 3.97. The van der Waals surface area contributed by atoms with Crippen LogP contribution >= 0.6 is 12.2 Å². The van der Waals surface area contributed by atoms with Crippen LogP contribution in [0.2, 0.25) is 0 Å². The van der Waals surface area contributed by atoms with Crippen LogP contribution in [0.3, 0.4) is 0 Å². The Kier molecular flexibility index (Phi) is 2.51. The highest BCUT2D eigenvalue weighted by Gasteiger charge is 2.23. The van der Waals surface area contributed by atoms with Gasteiger partial charge in [0.05, 0.1) is 6.61 Å². The van der Waals surface area contributed by atoms with Gasteiger partial charge in [-0.2, -0.15) is 0 Å². The topological polar surface area (TPSA) is 29.9 Å². The third-order valence-electron chi connectivity index (χ3n) is 2.63. The van der Waals surface area contributed by atoms with Crippen LogP contribution in [0.4, 0.5) is 0 Å². The van der Waals surface area contributed by atoms with E-state index in [1.165, 1.54) is 0 Å². The van der Waals surface area contributed by atoms with Gasteiger partial charge in [-0.25, -0.2) is 0 Å². The van der Waals surface area contributed by atoms with Gasteiger partial charge in [-0.15, -0.1) is 0 Å². The van der Waals surface area contributed by atoms with Crippen molar-refractivity contribution >= 4 is 12.2 Å². The summed E-state index contributed by atoms with van der Waals surface area (Å²) < 4.78 is 8.35. The quantitative estimate of drug-likeness (QED) is 0.701. The molecule has 1 saturated heterocycles. The second kappa shape index (κ2) is 3.64. The van der Waals surface area contributed by atoms with Gasteiger partial charge >= 0.3 is 0 Å². The SMILES string of the molecule is CC1COCCC1n1cc[nH]c1=S. The summed E-state index contributed by atoms with van der Waals surface area (Å²) in [5, 5.41) is 0. The first-order chi connectivity index (χ1) is 6.29. The van der Waals surface area contributed by atoms with E-state index < -0.39 is 0 Å². The summed E-state index contributed by atoms with van der Waals surface area (Å²) in [6.45, 7) is 3.90. The van der Waals surface area contributed by atoms with E-state index in [9.17, 15) is 0 Å². The van der Waals surface area contributed by atoms with Crippen LogP contribution in [0, 0.1) is 10.7 Å². The summed E-state index contributed by atoms with van der Waals surface area (Å²) in [5.74, 6) is 0.552. The van der Waals surface area contributed by atoms with Gasteiger partial charge in [-0.1, -0.05) is 6.92 Å². The molecule has 1 fully saturated rings. The van der Waals surface area contributed by atoms with Crippen molar-refractivity contribution in [3.63, 3.8) is 0 Å². The van der Waals surface area contributed by atoms with Gasteiger partial charge in [0.15, 0.2) is 4.77 Å². The lowest BCUT2D eigenvalue weighted by Gasteiger charge is -2.29. The summed E-state index contributed by atoms with van der Waals surface area (Å²) in [7, 11) is 0. The number of rotatable bonds is 1. The Bertz CT molecular complexity index is 330. The van der Waals surface area contributed by atoms with Crippen molar-refractivity contribution in [1.82, 2.24) is 9.55 Å². The van der Waals surface area contributed by atoms with E-state index in [2.05, 4.69) is 16.5 Å². The number of aromatic nitrogens is 2. The third-order valence-corrected chi connectivity index (χ3v) is 2.96. The van der Waals surface area contributed by atoms with Crippen LogP contribution in [0.1, 0.15) is 19.4 Å². The van der Waals surface area contributed by atoms with Crippen molar-refractivity contribution in [2.75, 3.05) is 13.2 Å². The van der Waals surface area contributed by atoms with Crippen molar-refractivity contribution in [2.24, 2.45) is 5.92 Å². The minimum Gasteiger partial charge on any atom is -0.381 e. The lowest BCUT2D eigenvalue weighted by atomic mass is 9.98. The molecule has 3 nitrogen and oxygen atoms in total. The Balaban J connectivity index is 2.24. The first-order valence-electron chi connectivity index (χ1n) is 4.62. The number of hydrogen-bond donors (Lipinski definition) is 1. The average molecular weight is 198 g/mol. The Hall–Kier alpha value is -0.610. The molecule has 0 saturated carbocycles. The fourth-order valence-corrected chi connectivity index (χ4v) is 2.14. The molecule has 2 unspecified atom stereocenters. The fraction of sp³-hybridized carbons (Fsp3) is 0.667. The smallest absolute Gasteiger partial charge is 0.177 e. The Morgan fingerprint density at radius 1 is 1.69 bits per heavy atom. The van der Waals surface area contributed by atoms with Crippen LogP contribution in [-0.2, 0) is 4.74 Å². The number of nitrogens with one attached hydrogen (secondary N) is 1. The molecule has 4 heteroatoms. The van der Waals surface area contributed by atoms with Gasteiger partial charge in [0, 0.05) is 31.0 Å². The van der Waals surface area contributed by atoms with Gasteiger partial charge in [0.25, 0.3) is 0 Å². The van der Waals surface area contributed by atoms with Gasteiger partial charge in [-0.3, -0.25) is 0 Å². The standard InChI is InChI=1S/C9H14N2OS/c1-7-6-12-5-2-8(7)11-4-3-10-9(11)13/h3-4,7-8H,2,5-6H2,1H3,(H,10,13). The largest absolute Gasteiger partial charge is 0.381 e. The van der Waals surface area contributed by atoms with Crippen LogP contribution in [0.5, 0.6) is 0 Å². The Morgan fingerprint density at radius 3 is 3.15 bits per heavy atom. The van der Waals surface area contributed by atoms with E-state index in [-0.39, 0.29) is 0 Å². The maximum absolute atomic E-state index is 5.39. The molecule has 2 heterocycles. The molecule has 1 aromatic rings. The molecule has 1 aliphatic heterocycles. The first-order valence-corrected chi connectivity index (χ1v) is 5.03. The summed E-state index contributed by atoms with van der Waals surface area (Å²) >= 11 is 5.19. The van der Waals surface area contributed by atoms with Crippen LogP contribution in [-0.4, -0.2) is 22.8 Å². The summed E-state index contributed by atoms with van der Waals surface area (Å²) in [4.78, 5) is 3.02. The number of ether oxygens (including phenoxy) is 1. The molecule has 0 aliphatic carbocycles. The highest BCUT2D eigenvalue weighted by Crippen LogP contribution is 2.26. The minimum absolute atomic E-state index is 0.507. The molecule has 2 atom stereocenters. The number of H-pyrrole nitrogens is 1. The third kappa shape index (κ3) is 1.69. The average Bonchev–Trinajstić information content (AvgIpc) is 2.52. The normalized spacial score (nSPS) is 29.0. The molecule has 0 aromatic carbocycles. The van der Waals surface area contributed by atoms with Gasteiger partial charge in [0.1, 0.15) is 0 Å². The molecular weight excluding hydrogens is 184 g/mol. The zero-order valence-electron chi connectivity index (χ0n) is 7.69. The lowest BCUT2D eigenvalue weighted by molar-refractivity contribution is 0.0282. The predicted octanol–water partition coefficient (Wildman–Crippen LogP) is 2.14. The molecule has 0 spiro atoms. The molecule has 1 N–H and O–H groups in total. The zero-order valence-corrected chi connectivity index (χ0v) is 8.51. The molecule has 72 valence electrons. The fourth-order valence-electron chi connectivity index (χ4n) is 1.87. The van der Waals surface area contributed by atoms with Gasteiger partial charge in [-0.05, 0) is 18.6 Å². The van der Waals surface area contributed by atoms with Crippen LogP contribution in [0.25, 0.3) is 0 Å². The van der Waals surface area contributed by atoms with Gasteiger partial charge < -0.3 is 14.3 Å². The molecule has 1 aromatic heterocycles. The highest BCUT2D eigenvalue weighted by atomic mass is 32.1. The zero-order chi connectivity index (χ0) is 9.26. The lowest BCUT2D eigenvalue weighted by Crippen LogP contribution is -2.27. The van der Waals surface area contributed by atoms with E-state index in [1.807, 2.05) is 12.4 Å².